The van der Waals surface area contributed by atoms with Crippen LogP contribution < -0.4 is 5.73 Å². The zero-order valence-electron chi connectivity index (χ0n) is 10.7. The Bertz CT molecular complexity index is 513. The quantitative estimate of drug-likeness (QED) is 0.884. The van der Waals surface area contributed by atoms with Gasteiger partial charge >= 0.3 is 0 Å². The predicted octanol–water partition coefficient (Wildman–Crippen LogP) is 1.68. The van der Waals surface area contributed by atoms with E-state index in [1.54, 1.807) is 23.2 Å². The maximum atomic E-state index is 12.3. The molecular formula is C15H17N3O. The van der Waals surface area contributed by atoms with Crippen LogP contribution in [0.15, 0.2) is 54.7 Å². The molecule has 1 heterocycles. The number of hydrogen-bond acceptors (Lipinski definition) is 3. The minimum absolute atomic E-state index is 0.0881. The van der Waals surface area contributed by atoms with Gasteiger partial charge < -0.3 is 10.6 Å². The Morgan fingerprint density at radius 3 is 2.47 bits per heavy atom. The van der Waals surface area contributed by atoms with Gasteiger partial charge in [-0.2, -0.15) is 0 Å². The van der Waals surface area contributed by atoms with Gasteiger partial charge in [-0.25, -0.2) is 0 Å². The van der Waals surface area contributed by atoms with E-state index in [1.807, 2.05) is 36.4 Å². The average Bonchev–Trinajstić information content (AvgIpc) is 2.48. The lowest BCUT2D eigenvalue weighted by Gasteiger charge is -2.21. The van der Waals surface area contributed by atoms with Gasteiger partial charge in [-0.1, -0.05) is 36.4 Å². The van der Waals surface area contributed by atoms with Gasteiger partial charge in [0.05, 0.1) is 0 Å². The van der Waals surface area contributed by atoms with E-state index in [2.05, 4.69) is 4.98 Å². The number of carbonyl (C=O) groups excluding carboxylic acids is 1. The van der Waals surface area contributed by atoms with Crippen molar-refractivity contribution in [1.82, 2.24) is 9.88 Å². The third-order valence-corrected chi connectivity index (χ3v) is 2.79. The summed E-state index contributed by atoms with van der Waals surface area (Å²) in [4.78, 5) is 18.2. The summed E-state index contributed by atoms with van der Waals surface area (Å²) in [5, 5.41) is 0. The van der Waals surface area contributed by atoms with Crippen molar-refractivity contribution in [2.45, 2.75) is 6.54 Å². The number of rotatable bonds is 5. The molecule has 0 saturated heterocycles. The lowest BCUT2D eigenvalue weighted by molar-refractivity contribution is 0.0742. The largest absolute Gasteiger partial charge is 0.332 e. The topological polar surface area (TPSA) is 59.2 Å². The molecule has 0 radical (unpaired) electrons. The molecule has 0 bridgehead atoms. The second-order valence-electron chi connectivity index (χ2n) is 4.22. The molecule has 0 saturated carbocycles. The van der Waals surface area contributed by atoms with Gasteiger partial charge in [0.2, 0.25) is 0 Å². The Hall–Kier alpha value is -2.20. The number of aromatic nitrogens is 1. The molecule has 4 nitrogen and oxygen atoms in total. The number of nitrogens with two attached hydrogens (primary N) is 1. The second-order valence-corrected chi connectivity index (χ2v) is 4.22. The Balaban J connectivity index is 2.14. The van der Waals surface area contributed by atoms with E-state index in [0.717, 1.165) is 5.56 Å². The first-order valence-corrected chi connectivity index (χ1v) is 6.25. The number of hydrogen-bond donors (Lipinski definition) is 1. The maximum Gasteiger partial charge on any atom is 0.272 e. The van der Waals surface area contributed by atoms with Crippen LogP contribution in [-0.4, -0.2) is 28.9 Å². The normalized spacial score (nSPS) is 10.2. The summed E-state index contributed by atoms with van der Waals surface area (Å²) in [5.41, 5.74) is 7.12. The van der Waals surface area contributed by atoms with E-state index in [4.69, 9.17) is 5.73 Å². The van der Waals surface area contributed by atoms with E-state index in [-0.39, 0.29) is 5.91 Å². The minimum Gasteiger partial charge on any atom is -0.332 e. The fourth-order valence-corrected chi connectivity index (χ4v) is 1.86. The van der Waals surface area contributed by atoms with Crippen LogP contribution in [0.3, 0.4) is 0 Å². The van der Waals surface area contributed by atoms with E-state index in [1.165, 1.54) is 0 Å². The van der Waals surface area contributed by atoms with Crippen molar-refractivity contribution in [3.63, 3.8) is 0 Å². The SMILES string of the molecule is NCCN(Cc1ccccc1)C(=O)c1ccccn1. The fraction of sp³-hybridized carbons (Fsp3) is 0.200. The standard InChI is InChI=1S/C15H17N3O/c16-9-11-18(12-13-6-2-1-3-7-13)15(19)14-8-4-5-10-17-14/h1-8,10H,9,11-12,16H2. The van der Waals surface area contributed by atoms with Crippen LogP contribution in [0, 0.1) is 0 Å². The molecule has 0 atom stereocenters. The number of carbonyl (C=O) groups is 1. The molecule has 4 heteroatoms. The van der Waals surface area contributed by atoms with Crippen molar-refractivity contribution in [2.75, 3.05) is 13.1 Å². The highest BCUT2D eigenvalue weighted by molar-refractivity contribution is 5.92. The first-order chi connectivity index (χ1) is 9.31. The van der Waals surface area contributed by atoms with Crippen LogP contribution in [0.2, 0.25) is 0 Å². The molecule has 0 fully saturated rings. The summed E-state index contributed by atoms with van der Waals surface area (Å²) in [6.07, 6.45) is 1.62. The van der Waals surface area contributed by atoms with E-state index in [9.17, 15) is 4.79 Å². The third kappa shape index (κ3) is 3.63. The second kappa shape index (κ2) is 6.66. The van der Waals surface area contributed by atoms with E-state index >= 15 is 0 Å². The molecule has 2 N–H and O–H groups in total. The maximum absolute atomic E-state index is 12.3. The molecule has 0 aliphatic rings. The Kier molecular flexibility index (Phi) is 4.64. The average molecular weight is 255 g/mol. The number of benzene rings is 1. The van der Waals surface area contributed by atoms with Gasteiger partial charge in [0, 0.05) is 25.8 Å². The summed E-state index contributed by atoms with van der Waals surface area (Å²) in [6, 6.07) is 15.2. The molecule has 0 aliphatic heterocycles. The van der Waals surface area contributed by atoms with Crippen LogP contribution >= 0.6 is 0 Å². The smallest absolute Gasteiger partial charge is 0.272 e. The Morgan fingerprint density at radius 1 is 1.11 bits per heavy atom. The highest BCUT2D eigenvalue weighted by Gasteiger charge is 2.16. The first-order valence-electron chi connectivity index (χ1n) is 6.25. The van der Waals surface area contributed by atoms with Crippen molar-refractivity contribution >= 4 is 5.91 Å². The molecular weight excluding hydrogens is 238 g/mol. The zero-order chi connectivity index (χ0) is 13.5. The molecule has 2 rings (SSSR count). The molecule has 98 valence electrons. The summed E-state index contributed by atoms with van der Waals surface area (Å²) >= 11 is 0. The summed E-state index contributed by atoms with van der Waals surface area (Å²) in [5.74, 6) is -0.0881. The Labute approximate surface area is 112 Å². The lowest BCUT2D eigenvalue weighted by atomic mass is 10.2. The number of amides is 1. The zero-order valence-corrected chi connectivity index (χ0v) is 10.7. The van der Waals surface area contributed by atoms with Crippen molar-refractivity contribution < 1.29 is 4.79 Å². The van der Waals surface area contributed by atoms with Gasteiger partial charge in [-0.05, 0) is 17.7 Å². The molecule has 0 spiro atoms. The van der Waals surface area contributed by atoms with Crippen LogP contribution in [0.25, 0.3) is 0 Å². The number of nitrogens with zero attached hydrogens (tertiary/aromatic N) is 2. The highest BCUT2D eigenvalue weighted by Crippen LogP contribution is 2.08. The molecule has 1 amide bonds. The van der Waals surface area contributed by atoms with Crippen molar-refractivity contribution in [3.8, 4) is 0 Å². The highest BCUT2D eigenvalue weighted by atomic mass is 16.2. The van der Waals surface area contributed by atoms with Crippen LogP contribution in [0.5, 0.6) is 0 Å². The fourth-order valence-electron chi connectivity index (χ4n) is 1.86. The van der Waals surface area contributed by atoms with Gasteiger partial charge in [0.15, 0.2) is 0 Å². The van der Waals surface area contributed by atoms with Crippen LogP contribution in [-0.2, 0) is 6.54 Å². The summed E-state index contributed by atoms with van der Waals surface area (Å²) in [6.45, 7) is 1.50. The van der Waals surface area contributed by atoms with Gasteiger partial charge in [0.25, 0.3) is 5.91 Å². The first kappa shape index (κ1) is 13.2. The molecule has 1 aromatic heterocycles. The lowest BCUT2D eigenvalue weighted by Crippen LogP contribution is -2.35. The van der Waals surface area contributed by atoms with Crippen LogP contribution in [0.4, 0.5) is 0 Å². The molecule has 1 aromatic carbocycles. The molecule has 2 aromatic rings. The number of pyridine rings is 1. The molecule has 0 aliphatic carbocycles. The van der Waals surface area contributed by atoms with Gasteiger partial charge in [-0.3, -0.25) is 9.78 Å². The molecule has 19 heavy (non-hydrogen) atoms. The van der Waals surface area contributed by atoms with Crippen molar-refractivity contribution in [3.05, 3.63) is 66.0 Å². The predicted molar refractivity (Wildman–Crippen MR) is 74.5 cm³/mol. The van der Waals surface area contributed by atoms with Gasteiger partial charge in [0.1, 0.15) is 5.69 Å². The van der Waals surface area contributed by atoms with Crippen molar-refractivity contribution in [2.24, 2.45) is 5.73 Å². The van der Waals surface area contributed by atoms with Crippen molar-refractivity contribution in [1.29, 1.82) is 0 Å². The minimum atomic E-state index is -0.0881. The monoisotopic (exact) mass is 255 g/mol. The Morgan fingerprint density at radius 2 is 1.84 bits per heavy atom. The van der Waals surface area contributed by atoms with E-state index in [0.29, 0.717) is 25.3 Å². The molecule has 0 unspecified atom stereocenters. The van der Waals surface area contributed by atoms with Crippen LogP contribution in [0.1, 0.15) is 16.1 Å². The van der Waals surface area contributed by atoms with Gasteiger partial charge in [-0.15, -0.1) is 0 Å². The third-order valence-electron chi connectivity index (χ3n) is 2.79. The summed E-state index contributed by atoms with van der Waals surface area (Å²) < 4.78 is 0. The summed E-state index contributed by atoms with van der Waals surface area (Å²) in [7, 11) is 0. The van der Waals surface area contributed by atoms with E-state index < -0.39 is 0 Å².